The largest absolute Gasteiger partial charge is 0.468 e. The van der Waals surface area contributed by atoms with Crippen molar-refractivity contribution >= 4 is 29.6 Å². The number of amides is 2. The van der Waals surface area contributed by atoms with Crippen molar-refractivity contribution in [3.8, 4) is 0 Å². The van der Waals surface area contributed by atoms with E-state index in [-0.39, 0.29) is 0 Å². The van der Waals surface area contributed by atoms with Crippen molar-refractivity contribution in [2.75, 3.05) is 20.8 Å². The number of rotatable bonds is 14. The van der Waals surface area contributed by atoms with Gasteiger partial charge >= 0.3 is 18.0 Å². The molecule has 0 saturated heterocycles. The van der Waals surface area contributed by atoms with Crippen molar-refractivity contribution in [3.63, 3.8) is 0 Å². The van der Waals surface area contributed by atoms with E-state index in [9.17, 15) is 19.2 Å². The molecule has 13 heteroatoms. The van der Waals surface area contributed by atoms with Gasteiger partial charge < -0.3 is 30.6 Å². The Labute approximate surface area is 236 Å². The summed E-state index contributed by atoms with van der Waals surface area (Å²) in [6.45, 7) is 7.99. The molecule has 0 aliphatic heterocycles. The van der Waals surface area contributed by atoms with E-state index in [4.69, 9.17) is 20.7 Å². The number of hydrogen-bond acceptors (Lipinski definition) is 9. The molecule has 0 saturated carbocycles. The molecule has 4 N–H and O–H groups in total. The highest BCUT2D eigenvalue weighted by Crippen LogP contribution is 2.15. The molecular formula is C27H44N6O7. The number of methoxy groups -OCH3 is 2. The van der Waals surface area contributed by atoms with Gasteiger partial charge in [-0.25, -0.2) is 9.59 Å². The van der Waals surface area contributed by atoms with Crippen molar-refractivity contribution in [2.45, 2.75) is 90.3 Å². The zero-order valence-corrected chi connectivity index (χ0v) is 24.4. The zero-order valence-electron chi connectivity index (χ0n) is 24.4. The second kappa shape index (κ2) is 20.1. The standard InChI is InChI=1S/C15H20N4O3.C12H24N2O4/c1-3-4-5-9-13(15(21)22-2)17-14(20)11-7-6-8-12(10-11)18-19-16;1-12(2,3)18-11(16)14-8-6-5-7-9(13)10(15)17-4/h6-8,10,13H,3-5,9H2,1-2H3,(H,17,20);9H,5-8,13H2,1-4H3,(H,14,16)/t13-;9-/m00/s1. The number of ether oxygens (including phenoxy) is 3. The number of carbonyl (C=O) groups is 4. The number of benzene rings is 1. The maximum absolute atomic E-state index is 12.2. The van der Waals surface area contributed by atoms with Crippen molar-refractivity contribution in [1.82, 2.24) is 10.6 Å². The predicted octanol–water partition coefficient (Wildman–Crippen LogP) is 4.66. The highest BCUT2D eigenvalue weighted by molar-refractivity contribution is 5.97. The number of nitrogens with one attached hydrogen (secondary N) is 2. The molecule has 0 aliphatic rings. The maximum Gasteiger partial charge on any atom is 0.407 e. The first-order valence-corrected chi connectivity index (χ1v) is 13.2. The number of nitrogens with zero attached hydrogens (tertiary/aromatic N) is 3. The second-order valence-corrected chi connectivity index (χ2v) is 9.84. The lowest BCUT2D eigenvalue weighted by atomic mass is 10.1. The molecule has 0 fully saturated rings. The van der Waals surface area contributed by atoms with Crippen LogP contribution in [0.1, 0.15) is 83.0 Å². The van der Waals surface area contributed by atoms with Crippen LogP contribution in [0.2, 0.25) is 0 Å². The molecule has 2 atom stereocenters. The molecule has 1 rings (SSSR count). The van der Waals surface area contributed by atoms with E-state index in [0.29, 0.717) is 30.6 Å². The van der Waals surface area contributed by atoms with Gasteiger partial charge in [-0.2, -0.15) is 0 Å². The van der Waals surface area contributed by atoms with Crippen LogP contribution >= 0.6 is 0 Å². The van der Waals surface area contributed by atoms with Gasteiger partial charge in [-0.1, -0.05) is 43.4 Å². The molecule has 0 bridgehead atoms. The fourth-order valence-electron chi connectivity index (χ4n) is 3.26. The summed E-state index contributed by atoms with van der Waals surface area (Å²) in [7, 11) is 2.61. The van der Waals surface area contributed by atoms with E-state index < -0.39 is 41.6 Å². The fourth-order valence-corrected chi connectivity index (χ4v) is 3.26. The first kappa shape index (κ1) is 36.2. The lowest BCUT2D eigenvalue weighted by Gasteiger charge is -2.19. The molecule has 0 spiro atoms. The van der Waals surface area contributed by atoms with Gasteiger partial charge in [-0.05, 0) is 64.1 Å². The average molecular weight is 565 g/mol. The van der Waals surface area contributed by atoms with E-state index in [2.05, 4.69) is 32.3 Å². The molecule has 0 radical (unpaired) electrons. The Balaban J connectivity index is 0.000000778. The average Bonchev–Trinajstić information content (AvgIpc) is 2.91. The van der Waals surface area contributed by atoms with Crippen LogP contribution in [-0.4, -0.2) is 62.4 Å². The van der Waals surface area contributed by atoms with Crippen LogP contribution in [-0.2, 0) is 23.8 Å². The highest BCUT2D eigenvalue weighted by Gasteiger charge is 2.21. The van der Waals surface area contributed by atoms with E-state index in [1.807, 2.05) is 20.8 Å². The molecule has 0 heterocycles. The van der Waals surface area contributed by atoms with Crippen molar-refractivity contribution in [3.05, 3.63) is 40.3 Å². The quantitative estimate of drug-likeness (QED) is 0.0724. The minimum absolute atomic E-state index is 0.328. The number of nitrogens with two attached hydrogens (primary N) is 1. The van der Waals surface area contributed by atoms with Crippen LogP contribution in [0, 0.1) is 0 Å². The summed E-state index contributed by atoms with van der Waals surface area (Å²) >= 11 is 0. The molecular weight excluding hydrogens is 520 g/mol. The van der Waals surface area contributed by atoms with E-state index in [1.165, 1.54) is 20.3 Å². The Hall–Kier alpha value is -3.83. The van der Waals surface area contributed by atoms with Crippen LogP contribution in [0.3, 0.4) is 0 Å². The van der Waals surface area contributed by atoms with Crippen LogP contribution in [0.5, 0.6) is 0 Å². The lowest BCUT2D eigenvalue weighted by Crippen LogP contribution is -2.41. The third-order valence-electron chi connectivity index (χ3n) is 5.27. The SMILES string of the molecule is CCCCC[C@H](NC(=O)c1cccc(N=[N+]=[N-])c1)C(=O)OC.COC(=O)[C@@H](N)CCCCNC(=O)OC(C)(C)C. The fraction of sp³-hybridized carbons (Fsp3) is 0.630. The highest BCUT2D eigenvalue weighted by atomic mass is 16.6. The van der Waals surface area contributed by atoms with E-state index in [1.54, 1.807) is 18.2 Å². The molecule has 224 valence electrons. The Kier molecular flexibility index (Phi) is 18.2. The van der Waals surface area contributed by atoms with Gasteiger partial charge in [0.05, 0.1) is 14.2 Å². The number of carbonyl (C=O) groups excluding carboxylic acids is 4. The topological polar surface area (TPSA) is 195 Å². The molecule has 0 unspecified atom stereocenters. The van der Waals surface area contributed by atoms with Crippen LogP contribution in [0.4, 0.5) is 10.5 Å². The van der Waals surface area contributed by atoms with Gasteiger partial charge in [-0.3, -0.25) is 9.59 Å². The van der Waals surface area contributed by atoms with E-state index in [0.717, 1.165) is 32.1 Å². The third kappa shape index (κ3) is 16.9. The molecule has 13 nitrogen and oxygen atoms in total. The predicted molar refractivity (Wildman–Crippen MR) is 151 cm³/mol. The van der Waals surface area contributed by atoms with Gasteiger partial charge in [-0.15, -0.1) is 0 Å². The van der Waals surface area contributed by atoms with Crippen molar-refractivity contribution < 1.29 is 33.4 Å². The molecule has 40 heavy (non-hydrogen) atoms. The molecule has 1 aromatic carbocycles. The summed E-state index contributed by atoms with van der Waals surface area (Å²) in [6.07, 6.45) is 4.96. The number of esters is 2. The minimum atomic E-state index is -0.674. The number of alkyl carbamates (subject to hydrolysis) is 1. The number of azide groups is 1. The van der Waals surface area contributed by atoms with Crippen molar-refractivity contribution in [2.24, 2.45) is 10.8 Å². The minimum Gasteiger partial charge on any atom is -0.468 e. The lowest BCUT2D eigenvalue weighted by molar-refractivity contribution is -0.143. The second-order valence-electron chi connectivity index (χ2n) is 9.84. The number of unbranched alkanes of at least 4 members (excludes halogenated alkanes) is 3. The first-order valence-electron chi connectivity index (χ1n) is 13.2. The normalized spacial score (nSPS) is 11.9. The Morgan fingerprint density at radius 3 is 2.25 bits per heavy atom. The number of hydrogen-bond donors (Lipinski definition) is 3. The molecule has 2 amide bonds. The van der Waals surface area contributed by atoms with Gasteiger partial charge in [0, 0.05) is 22.7 Å². The van der Waals surface area contributed by atoms with Crippen LogP contribution < -0.4 is 16.4 Å². The summed E-state index contributed by atoms with van der Waals surface area (Å²) in [5.74, 6) is -1.27. The molecule has 0 aromatic heterocycles. The van der Waals surface area contributed by atoms with E-state index >= 15 is 0 Å². The maximum atomic E-state index is 12.2. The molecule has 1 aromatic rings. The van der Waals surface area contributed by atoms with Gasteiger partial charge in [0.2, 0.25) is 0 Å². The van der Waals surface area contributed by atoms with Crippen molar-refractivity contribution in [1.29, 1.82) is 0 Å². The van der Waals surface area contributed by atoms with Gasteiger partial charge in [0.25, 0.3) is 5.91 Å². The Bertz CT molecular complexity index is 990. The smallest absolute Gasteiger partial charge is 0.407 e. The van der Waals surface area contributed by atoms with Crippen LogP contribution in [0.15, 0.2) is 29.4 Å². The molecule has 0 aliphatic carbocycles. The summed E-state index contributed by atoms with van der Waals surface area (Å²) in [4.78, 5) is 48.9. The Morgan fingerprint density at radius 1 is 1.02 bits per heavy atom. The monoisotopic (exact) mass is 564 g/mol. The summed E-state index contributed by atoms with van der Waals surface area (Å²) in [5, 5.41) is 8.75. The third-order valence-corrected chi connectivity index (χ3v) is 5.27. The van der Waals surface area contributed by atoms with Crippen LogP contribution in [0.25, 0.3) is 10.4 Å². The first-order chi connectivity index (χ1) is 18.9. The summed E-state index contributed by atoms with van der Waals surface area (Å²) in [5.41, 5.74) is 14.2. The summed E-state index contributed by atoms with van der Waals surface area (Å²) in [6, 6.07) is 5.00. The van der Waals surface area contributed by atoms with Gasteiger partial charge in [0.15, 0.2) is 0 Å². The van der Waals surface area contributed by atoms with Gasteiger partial charge in [0.1, 0.15) is 17.7 Å². The Morgan fingerprint density at radius 2 is 1.68 bits per heavy atom. The summed E-state index contributed by atoms with van der Waals surface area (Å²) < 4.78 is 14.3. The zero-order chi connectivity index (χ0) is 30.6.